The van der Waals surface area contributed by atoms with Gasteiger partial charge in [-0.15, -0.1) is 0 Å². The molecule has 0 saturated carbocycles. The highest BCUT2D eigenvalue weighted by molar-refractivity contribution is 6.03. The minimum Gasteiger partial charge on any atom is -0.324 e. The SMILES string of the molecule is Cc1cc(C(=O)Nc2ccc(C(C)C)cc2)nc(Nc2ccc(F)c(F)c2)n1. The van der Waals surface area contributed by atoms with Crippen molar-refractivity contribution in [1.82, 2.24) is 9.97 Å². The Balaban J connectivity index is 1.78. The first kappa shape index (κ1) is 19.4. The maximum absolute atomic E-state index is 13.4. The van der Waals surface area contributed by atoms with E-state index in [9.17, 15) is 13.6 Å². The maximum atomic E-state index is 13.4. The zero-order chi connectivity index (χ0) is 20.3. The number of nitrogens with one attached hydrogen (secondary N) is 2. The van der Waals surface area contributed by atoms with E-state index in [1.165, 1.54) is 11.6 Å². The molecule has 144 valence electrons. The Kier molecular flexibility index (Phi) is 5.63. The van der Waals surface area contributed by atoms with Crippen molar-refractivity contribution in [2.75, 3.05) is 10.6 Å². The van der Waals surface area contributed by atoms with Gasteiger partial charge < -0.3 is 10.6 Å². The molecule has 0 aliphatic carbocycles. The average molecular weight is 382 g/mol. The highest BCUT2D eigenvalue weighted by atomic mass is 19.2. The van der Waals surface area contributed by atoms with Crippen LogP contribution in [0.4, 0.5) is 26.1 Å². The van der Waals surface area contributed by atoms with Gasteiger partial charge in [-0.3, -0.25) is 4.79 Å². The Morgan fingerprint density at radius 1 is 0.929 bits per heavy atom. The molecule has 3 rings (SSSR count). The van der Waals surface area contributed by atoms with E-state index in [0.717, 1.165) is 12.1 Å². The topological polar surface area (TPSA) is 66.9 Å². The molecule has 7 heteroatoms. The molecule has 0 saturated heterocycles. The largest absolute Gasteiger partial charge is 0.324 e. The number of benzene rings is 2. The van der Waals surface area contributed by atoms with Gasteiger partial charge in [0.2, 0.25) is 5.95 Å². The number of carbonyl (C=O) groups excluding carboxylic acids is 1. The lowest BCUT2D eigenvalue weighted by atomic mass is 10.0. The number of hydrogen-bond acceptors (Lipinski definition) is 4. The molecule has 0 fully saturated rings. The molecule has 0 radical (unpaired) electrons. The number of aromatic nitrogens is 2. The van der Waals surface area contributed by atoms with Gasteiger partial charge in [0.05, 0.1) is 0 Å². The molecule has 0 spiro atoms. The number of carbonyl (C=O) groups is 1. The molecule has 2 aromatic carbocycles. The first-order valence-corrected chi connectivity index (χ1v) is 8.81. The molecule has 5 nitrogen and oxygen atoms in total. The Hall–Kier alpha value is -3.35. The summed E-state index contributed by atoms with van der Waals surface area (Å²) in [5.41, 5.74) is 2.82. The van der Waals surface area contributed by atoms with E-state index in [1.807, 2.05) is 24.3 Å². The van der Waals surface area contributed by atoms with E-state index in [0.29, 0.717) is 17.3 Å². The molecule has 3 aromatic rings. The van der Waals surface area contributed by atoms with Crippen LogP contribution in [0.5, 0.6) is 0 Å². The molecule has 0 aliphatic heterocycles. The van der Waals surface area contributed by atoms with Crippen molar-refractivity contribution in [3.63, 3.8) is 0 Å². The third-order valence-corrected chi connectivity index (χ3v) is 4.10. The molecule has 28 heavy (non-hydrogen) atoms. The second-order valence-corrected chi connectivity index (χ2v) is 6.70. The van der Waals surface area contributed by atoms with Gasteiger partial charge in [0.15, 0.2) is 11.6 Å². The monoisotopic (exact) mass is 382 g/mol. The van der Waals surface area contributed by atoms with Crippen LogP contribution in [0.1, 0.15) is 41.5 Å². The fraction of sp³-hybridized carbons (Fsp3) is 0.190. The molecule has 2 N–H and O–H groups in total. The summed E-state index contributed by atoms with van der Waals surface area (Å²) in [5.74, 6) is -1.80. The van der Waals surface area contributed by atoms with Gasteiger partial charge in [-0.1, -0.05) is 26.0 Å². The first-order chi connectivity index (χ1) is 13.3. The van der Waals surface area contributed by atoms with E-state index >= 15 is 0 Å². The van der Waals surface area contributed by atoms with Crippen LogP contribution in [0.3, 0.4) is 0 Å². The van der Waals surface area contributed by atoms with Gasteiger partial charge >= 0.3 is 0 Å². The second-order valence-electron chi connectivity index (χ2n) is 6.70. The van der Waals surface area contributed by atoms with Gasteiger partial charge in [0, 0.05) is 23.1 Å². The normalized spacial score (nSPS) is 10.8. The lowest BCUT2D eigenvalue weighted by Crippen LogP contribution is -2.15. The van der Waals surface area contributed by atoms with Crippen molar-refractivity contribution in [2.24, 2.45) is 0 Å². The summed E-state index contributed by atoms with van der Waals surface area (Å²) in [6, 6.07) is 12.5. The summed E-state index contributed by atoms with van der Waals surface area (Å²) >= 11 is 0. The molecule has 0 bridgehead atoms. The number of hydrogen-bond donors (Lipinski definition) is 2. The average Bonchev–Trinajstić information content (AvgIpc) is 2.64. The minimum atomic E-state index is -0.986. The smallest absolute Gasteiger partial charge is 0.274 e. The van der Waals surface area contributed by atoms with Crippen LogP contribution < -0.4 is 10.6 Å². The standard InChI is InChI=1S/C21H20F2N4O/c1-12(2)14-4-6-15(7-5-14)25-20(28)19-10-13(3)24-21(27-19)26-16-8-9-17(22)18(23)11-16/h4-12H,1-3H3,(H,25,28)(H,24,26,27). The summed E-state index contributed by atoms with van der Waals surface area (Å²) in [7, 11) is 0. The molecular formula is C21H20F2N4O. The van der Waals surface area contributed by atoms with E-state index in [-0.39, 0.29) is 17.3 Å². The third-order valence-electron chi connectivity index (χ3n) is 4.10. The summed E-state index contributed by atoms with van der Waals surface area (Å²) in [4.78, 5) is 20.9. The number of amides is 1. The third kappa shape index (κ3) is 4.68. The first-order valence-electron chi connectivity index (χ1n) is 8.81. The van der Waals surface area contributed by atoms with E-state index in [4.69, 9.17) is 0 Å². The summed E-state index contributed by atoms with van der Waals surface area (Å²) < 4.78 is 26.4. The van der Waals surface area contributed by atoms with Crippen LogP contribution in [0, 0.1) is 18.6 Å². The van der Waals surface area contributed by atoms with Crippen molar-refractivity contribution in [3.05, 3.63) is 77.1 Å². The van der Waals surface area contributed by atoms with Crippen molar-refractivity contribution < 1.29 is 13.6 Å². The second kappa shape index (κ2) is 8.12. The summed E-state index contributed by atoms with van der Waals surface area (Å²) in [6.45, 7) is 5.91. The van der Waals surface area contributed by atoms with Gasteiger partial charge in [-0.25, -0.2) is 18.7 Å². The maximum Gasteiger partial charge on any atom is 0.274 e. The van der Waals surface area contributed by atoms with Crippen LogP contribution in [-0.2, 0) is 0 Å². The van der Waals surface area contributed by atoms with Crippen LogP contribution in [0.2, 0.25) is 0 Å². The molecule has 0 aliphatic rings. The number of anilines is 3. The lowest BCUT2D eigenvalue weighted by molar-refractivity contribution is 0.102. The number of nitrogens with zero attached hydrogens (tertiary/aromatic N) is 2. The van der Waals surface area contributed by atoms with Crippen LogP contribution in [-0.4, -0.2) is 15.9 Å². The molecule has 1 aromatic heterocycles. The minimum absolute atomic E-state index is 0.117. The van der Waals surface area contributed by atoms with Crippen molar-refractivity contribution in [1.29, 1.82) is 0 Å². The fourth-order valence-electron chi connectivity index (χ4n) is 2.59. The molecular weight excluding hydrogens is 362 g/mol. The van der Waals surface area contributed by atoms with Crippen molar-refractivity contribution in [2.45, 2.75) is 26.7 Å². The lowest BCUT2D eigenvalue weighted by Gasteiger charge is -2.10. The predicted molar refractivity (Wildman–Crippen MR) is 105 cm³/mol. The number of aryl methyl sites for hydroxylation is 1. The quantitative estimate of drug-likeness (QED) is 0.638. The Bertz CT molecular complexity index is 1000. The van der Waals surface area contributed by atoms with E-state index < -0.39 is 17.5 Å². The zero-order valence-electron chi connectivity index (χ0n) is 15.8. The van der Waals surface area contributed by atoms with E-state index in [2.05, 4.69) is 34.4 Å². The van der Waals surface area contributed by atoms with E-state index in [1.54, 1.807) is 13.0 Å². The van der Waals surface area contributed by atoms with Gasteiger partial charge in [0.25, 0.3) is 5.91 Å². The molecule has 1 amide bonds. The van der Waals surface area contributed by atoms with Crippen molar-refractivity contribution >= 4 is 23.2 Å². The zero-order valence-corrected chi connectivity index (χ0v) is 15.8. The molecule has 0 unspecified atom stereocenters. The van der Waals surface area contributed by atoms with Gasteiger partial charge in [-0.05, 0) is 48.7 Å². The summed E-state index contributed by atoms with van der Waals surface area (Å²) in [5, 5.41) is 5.58. The Morgan fingerprint density at radius 2 is 1.61 bits per heavy atom. The highest BCUT2D eigenvalue weighted by Gasteiger charge is 2.12. The number of halogens is 2. The molecule has 1 heterocycles. The Labute approximate surface area is 161 Å². The predicted octanol–water partition coefficient (Wildman–Crippen LogP) is 5.18. The van der Waals surface area contributed by atoms with Gasteiger partial charge in [-0.2, -0.15) is 0 Å². The number of rotatable bonds is 5. The van der Waals surface area contributed by atoms with Crippen LogP contribution in [0.25, 0.3) is 0 Å². The summed E-state index contributed by atoms with van der Waals surface area (Å²) in [6.07, 6.45) is 0. The fourth-order valence-corrected chi connectivity index (χ4v) is 2.59. The highest BCUT2D eigenvalue weighted by Crippen LogP contribution is 2.19. The molecule has 0 atom stereocenters. The van der Waals surface area contributed by atoms with Gasteiger partial charge in [0.1, 0.15) is 5.69 Å². The van der Waals surface area contributed by atoms with Crippen LogP contribution >= 0.6 is 0 Å². The van der Waals surface area contributed by atoms with Crippen molar-refractivity contribution in [3.8, 4) is 0 Å². The Morgan fingerprint density at radius 3 is 2.25 bits per heavy atom. The van der Waals surface area contributed by atoms with Crippen LogP contribution in [0.15, 0.2) is 48.5 Å².